The molecular weight excluding hydrogens is 427 g/mol. The third-order valence-electron chi connectivity index (χ3n) is 4.70. The average Bonchev–Trinajstić information content (AvgIpc) is 3.31. The van der Waals surface area contributed by atoms with E-state index in [9.17, 15) is 0 Å². The Labute approximate surface area is 167 Å². The lowest BCUT2D eigenvalue weighted by atomic mass is 10.2. The summed E-state index contributed by atoms with van der Waals surface area (Å²) in [5.41, 5.74) is 1.28. The zero-order valence-electron chi connectivity index (χ0n) is 15.1. The van der Waals surface area contributed by atoms with Crippen LogP contribution in [0.5, 0.6) is 0 Å². The van der Waals surface area contributed by atoms with Crippen LogP contribution in [0.15, 0.2) is 46.1 Å². The quantitative estimate of drug-likeness (QED) is 0.409. The van der Waals surface area contributed by atoms with E-state index in [1.807, 2.05) is 12.1 Å². The first-order valence-corrected chi connectivity index (χ1v) is 8.87. The van der Waals surface area contributed by atoms with Crippen molar-refractivity contribution in [1.82, 2.24) is 14.8 Å². The van der Waals surface area contributed by atoms with Crippen molar-refractivity contribution >= 4 is 29.9 Å². The van der Waals surface area contributed by atoms with E-state index < -0.39 is 0 Å². The van der Waals surface area contributed by atoms with Crippen molar-refractivity contribution in [1.29, 1.82) is 0 Å². The summed E-state index contributed by atoms with van der Waals surface area (Å²) in [6, 6.07) is 8.74. The fourth-order valence-electron chi connectivity index (χ4n) is 3.23. The summed E-state index contributed by atoms with van der Waals surface area (Å²) >= 11 is 0. The molecule has 2 aromatic heterocycles. The number of hydrogen-bond donors (Lipinski definition) is 1. The normalized spacial score (nSPS) is 15.2. The van der Waals surface area contributed by atoms with E-state index in [0.717, 1.165) is 31.2 Å². The van der Waals surface area contributed by atoms with Crippen LogP contribution in [0, 0.1) is 0 Å². The van der Waals surface area contributed by atoms with Crippen molar-refractivity contribution in [3.8, 4) is 0 Å². The monoisotopic (exact) mass is 456 g/mol. The fourth-order valence-corrected chi connectivity index (χ4v) is 3.23. The summed E-state index contributed by atoms with van der Waals surface area (Å²) in [6.07, 6.45) is 9.77. The lowest BCUT2D eigenvalue weighted by molar-refractivity contribution is 0.444. The number of nitrogens with one attached hydrogen (secondary N) is 1. The highest BCUT2D eigenvalue weighted by atomic mass is 127. The van der Waals surface area contributed by atoms with Gasteiger partial charge in [0.25, 0.3) is 0 Å². The predicted molar refractivity (Wildman–Crippen MR) is 112 cm³/mol. The molecule has 0 atom stereocenters. The van der Waals surface area contributed by atoms with Gasteiger partial charge < -0.3 is 19.2 Å². The molecule has 5 nitrogen and oxygen atoms in total. The lowest BCUT2D eigenvalue weighted by Crippen LogP contribution is -2.43. The predicted octanol–water partition coefficient (Wildman–Crippen LogP) is 3.80. The Bertz CT molecular complexity index is 644. The van der Waals surface area contributed by atoms with Crippen molar-refractivity contribution in [3.05, 3.63) is 48.2 Å². The van der Waals surface area contributed by atoms with Gasteiger partial charge in [-0.15, -0.1) is 24.0 Å². The van der Waals surface area contributed by atoms with Crippen LogP contribution in [0.3, 0.4) is 0 Å². The molecule has 3 rings (SSSR count). The van der Waals surface area contributed by atoms with E-state index in [1.54, 1.807) is 6.26 Å². The molecule has 0 bridgehead atoms. The number of halogens is 1. The Balaban J connectivity index is 0.00000225. The molecule has 1 saturated carbocycles. The minimum atomic E-state index is 0. The van der Waals surface area contributed by atoms with E-state index in [4.69, 9.17) is 9.41 Å². The van der Waals surface area contributed by atoms with Crippen LogP contribution in [0.4, 0.5) is 0 Å². The van der Waals surface area contributed by atoms with Gasteiger partial charge in [0.15, 0.2) is 5.96 Å². The molecule has 1 aliphatic carbocycles. The van der Waals surface area contributed by atoms with Crippen molar-refractivity contribution in [2.24, 2.45) is 12.0 Å². The number of aliphatic imine (C=N–C) groups is 1. The van der Waals surface area contributed by atoms with Gasteiger partial charge in [0, 0.05) is 45.0 Å². The second kappa shape index (κ2) is 9.89. The number of guanidine groups is 1. The lowest BCUT2D eigenvalue weighted by Gasteiger charge is -2.25. The third kappa shape index (κ3) is 5.80. The Morgan fingerprint density at radius 2 is 2.12 bits per heavy atom. The molecule has 25 heavy (non-hydrogen) atoms. The summed E-state index contributed by atoms with van der Waals surface area (Å²) < 4.78 is 7.56. The fraction of sp³-hybridized carbons (Fsp3) is 0.526. The number of furan rings is 1. The minimum absolute atomic E-state index is 0. The highest BCUT2D eigenvalue weighted by Gasteiger charge is 2.18. The van der Waals surface area contributed by atoms with Gasteiger partial charge in [-0.3, -0.25) is 4.99 Å². The molecule has 0 aromatic carbocycles. The maximum atomic E-state index is 5.40. The molecule has 0 aliphatic heterocycles. The first kappa shape index (κ1) is 19.9. The maximum Gasteiger partial charge on any atom is 0.194 e. The summed E-state index contributed by atoms with van der Waals surface area (Å²) in [5.74, 6) is 1.98. The summed E-state index contributed by atoms with van der Waals surface area (Å²) in [5, 5.41) is 3.66. The molecule has 1 aliphatic rings. The van der Waals surface area contributed by atoms with E-state index >= 15 is 0 Å². The molecule has 0 unspecified atom stereocenters. The van der Waals surface area contributed by atoms with E-state index in [-0.39, 0.29) is 24.0 Å². The number of aryl methyl sites for hydroxylation is 1. The first-order chi connectivity index (χ1) is 11.7. The Hall–Kier alpha value is -1.44. The number of rotatable bonds is 6. The number of hydrogen-bond acceptors (Lipinski definition) is 2. The topological polar surface area (TPSA) is 45.7 Å². The van der Waals surface area contributed by atoms with E-state index in [1.165, 1.54) is 31.4 Å². The standard InChI is InChI=1S/C19H28N4O.HI/c1-22-13-5-9-17(22)15-23(2)19(21-16-7-3-4-8-16)20-12-11-18-10-6-14-24-18;/h5-6,9-10,13-14,16H,3-4,7-8,11-12,15H2,1-2H3,(H,20,21);1H. The van der Waals surface area contributed by atoms with Gasteiger partial charge in [-0.2, -0.15) is 0 Å². The molecule has 2 heterocycles. The van der Waals surface area contributed by atoms with Crippen LogP contribution in [-0.4, -0.2) is 35.1 Å². The molecule has 0 saturated heterocycles. The van der Waals surface area contributed by atoms with Gasteiger partial charge in [0.05, 0.1) is 12.8 Å². The van der Waals surface area contributed by atoms with Crippen LogP contribution in [0.25, 0.3) is 0 Å². The zero-order chi connectivity index (χ0) is 16.8. The maximum absolute atomic E-state index is 5.40. The molecule has 6 heteroatoms. The molecule has 1 N–H and O–H groups in total. The van der Waals surface area contributed by atoms with Gasteiger partial charge in [0.2, 0.25) is 0 Å². The molecular formula is C19H29IN4O. The second-order valence-electron chi connectivity index (χ2n) is 6.63. The minimum Gasteiger partial charge on any atom is -0.469 e. The number of aromatic nitrogens is 1. The highest BCUT2D eigenvalue weighted by molar-refractivity contribution is 14.0. The van der Waals surface area contributed by atoms with Gasteiger partial charge in [-0.25, -0.2) is 0 Å². The van der Waals surface area contributed by atoms with Crippen molar-refractivity contribution in [3.63, 3.8) is 0 Å². The summed E-state index contributed by atoms with van der Waals surface area (Å²) in [4.78, 5) is 7.05. The van der Waals surface area contributed by atoms with Crippen LogP contribution in [0.2, 0.25) is 0 Å². The molecule has 0 amide bonds. The molecule has 2 aromatic rings. The molecule has 0 spiro atoms. The van der Waals surface area contributed by atoms with Crippen molar-refractivity contribution in [2.75, 3.05) is 13.6 Å². The van der Waals surface area contributed by atoms with Crippen LogP contribution in [-0.2, 0) is 20.0 Å². The zero-order valence-corrected chi connectivity index (χ0v) is 17.5. The average molecular weight is 456 g/mol. The SMILES string of the molecule is CN(Cc1cccn1C)C(=NCCc1ccco1)NC1CCCC1.I. The van der Waals surface area contributed by atoms with Crippen molar-refractivity contribution < 1.29 is 4.42 Å². The van der Waals surface area contributed by atoms with Gasteiger partial charge >= 0.3 is 0 Å². The Morgan fingerprint density at radius 1 is 1.32 bits per heavy atom. The second-order valence-corrected chi connectivity index (χ2v) is 6.63. The van der Waals surface area contributed by atoms with Gasteiger partial charge in [0.1, 0.15) is 5.76 Å². The summed E-state index contributed by atoms with van der Waals surface area (Å²) in [7, 11) is 4.20. The van der Waals surface area contributed by atoms with E-state index in [0.29, 0.717) is 6.04 Å². The summed E-state index contributed by atoms with van der Waals surface area (Å²) in [6.45, 7) is 1.59. The van der Waals surface area contributed by atoms with E-state index in [2.05, 4.69) is 47.2 Å². The van der Waals surface area contributed by atoms with Crippen LogP contribution < -0.4 is 5.32 Å². The third-order valence-corrected chi connectivity index (χ3v) is 4.70. The smallest absolute Gasteiger partial charge is 0.194 e. The van der Waals surface area contributed by atoms with Crippen LogP contribution in [0.1, 0.15) is 37.1 Å². The first-order valence-electron chi connectivity index (χ1n) is 8.87. The largest absolute Gasteiger partial charge is 0.469 e. The van der Waals surface area contributed by atoms with Gasteiger partial charge in [-0.1, -0.05) is 12.8 Å². The molecule has 1 fully saturated rings. The van der Waals surface area contributed by atoms with Crippen LogP contribution >= 0.6 is 24.0 Å². The Kier molecular flexibility index (Phi) is 7.87. The number of nitrogens with zero attached hydrogens (tertiary/aromatic N) is 3. The highest BCUT2D eigenvalue weighted by Crippen LogP contribution is 2.18. The van der Waals surface area contributed by atoms with Crippen molar-refractivity contribution in [2.45, 2.75) is 44.7 Å². The molecule has 138 valence electrons. The Morgan fingerprint density at radius 3 is 2.76 bits per heavy atom. The van der Waals surface area contributed by atoms with Gasteiger partial charge in [-0.05, 0) is 37.1 Å². The molecule has 0 radical (unpaired) electrons.